The summed E-state index contributed by atoms with van der Waals surface area (Å²) in [6.45, 7) is 2.21. The van der Waals surface area contributed by atoms with Gasteiger partial charge in [-0.15, -0.1) is 0 Å². The Kier molecular flexibility index (Phi) is 8.63. The molecule has 0 aliphatic carbocycles. The molecule has 0 heterocycles. The van der Waals surface area contributed by atoms with Crippen LogP contribution in [0.5, 0.6) is 0 Å². The first-order chi connectivity index (χ1) is 4.27. The monoisotopic (exact) mass is 275 g/mol. The molecule has 0 aromatic carbocycles. The van der Waals surface area contributed by atoms with Gasteiger partial charge in [-0.1, -0.05) is 0 Å². The zero-order valence-electron chi connectivity index (χ0n) is 5.79. The third-order valence-corrected chi connectivity index (χ3v) is 5.84. The molecule has 0 saturated heterocycles. The SMILES string of the molecule is CCCCC[CH2][Sn]([Cl])[Cl]. The van der Waals surface area contributed by atoms with E-state index in [0.717, 1.165) is 4.44 Å². The Bertz CT molecular complexity index is 57.0. The van der Waals surface area contributed by atoms with Crippen molar-refractivity contribution in [3.63, 3.8) is 0 Å². The summed E-state index contributed by atoms with van der Waals surface area (Å²) in [5.74, 6) is 0. The van der Waals surface area contributed by atoms with Crippen LogP contribution in [0.25, 0.3) is 0 Å². The van der Waals surface area contributed by atoms with Crippen LogP contribution in [0, 0.1) is 0 Å². The van der Waals surface area contributed by atoms with Crippen molar-refractivity contribution in [2.75, 3.05) is 0 Å². The van der Waals surface area contributed by atoms with Gasteiger partial charge in [-0.05, 0) is 0 Å². The summed E-state index contributed by atoms with van der Waals surface area (Å²) in [6, 6.07) is 0. The summed E-state index contributed by atoms with van der Waals surface area (Å²) >= 11 is -1.73. The van der Waals surface area contributed by atoms with Gasteiger partial charge in [0.2, 0.25) is 0 Å². The summed E-state index contributed by atoms with van der Waals surface area (Å²) in [6.07, 6.45) is 5.21. The normalized spacial score (nSPS) is 10.7. The molecular formula is C6H13Cl2Sn. The van der Waals surface area contributed by atoms with Crippen molar-refractivity contribution in [1.82, 2.24) is 0 Å². The number of hydrogen-bond acceptors (Lipinski definition) is 0. The Labute approximate surface area is 72.1 Å². The van der Waals surface area contributed by atoms with Crippen molar-refractivity contribution < 1.29 is 0 Å². The molecule has 0 N–H and O–H groups in total. The molecule has 0 aliphatic heterocycles. The number of halogens is 2. The van der Waals surface area contributed by atoms with Crippen LogP contribution in [0.1, 0.15) is 32.6 Å². The second-order valence-corrected chi connectivity index (χ2v) is 12.9. The molecule has 0 fully saturated rings. The molecule has 0 bridgehead atoms. The van der Waals surface area contributed by atoms with E-state index in [1.807, 2.05) is 0 Å². The van der Waals surface area contributed by atoms with Gasteiger partial charge in [-0.2, -0.15) is 0 Å². The summed E-state index contributed by atoms with van der Waals surface area (Å²) in [5, 5.41) is 0. The molecule has 0 unspecified atom stereocenters. The predicted octanol–water partition coefficient (Wildman–Crippen LogP) is 3.53. The molecular weight excluding hydrogens is 262 g/mol. The van der Waals surface area contributed by atoms with Crippen molar-refractivity contribution in [3.8, 4) is 0 Å². The van der Waals surface area contributed by atoms with Gasteiger partial charge >= 0.3 is 72.4 Å². The fourth-order valence-electron chi connectivity index (χ4n) is 0.685. The second kappa shape index (κ2) is 7.49. The number of rotatable bonds is 5. The minimum absolute atomic E-state index is 1.14. The molecule has 0 spiro atoms. The van der Waals surface area contributed by atoms with Crippen molar-refractivity contribution >= 4 is 35.3 Å². The predicted molar refractivity (Wildman–Crippen MR) is 46.4 cm³/mol. The average Bonchev–Trinajstić information content (AvgIpc) is 1.80. The van der Waals surface area contributed by atoms with E-state index < -0.39 is 17.5 Å². The van der Waals surface area contributed by atoms with Crippen LogP contribution in [0.4, 0.5) is 0 Å². The van der Waals surface area contributed by atoms with Crippen molar-refractivity contribution in [2.24, 2.45) is 0 Å². The van der Waals surface area contributed by atoms with E-state index in [0.29, 0.717) is 0 Å². The summed E-state index contributed by atoms with van der Waals surface area (Å²) in [7, 11) is 11.4. The average molecular weight is 275 g/mol. The number of unbranched alkanes of at least 4 members (excludes halogenated alkanes) is 3. The maximum atomic E-state index is 5.72. The van der Waals surface area contributed by atoms with Crippen LogP contribution < -0.4 is 0 Å². The summed E-state index contributed by atoms with van der Waals surface area (Å²) in [4.78, 5) is 0. The van der Waals surface area contributed by atoms with Gasteiger partial charge in [0, 0.05) is 0 Å². The van der Waals surface area contributed by atoms with Gasteiger partial charge in [-0.25, -0.2) is 0 Å². The van der Waals surface area contributed by atoms with Crippen molar-refractivity contribution in [2.45, 2.75) is 37.0 Å². The molecule has 0 saturated carbocycles. The molecule has 9 heavy (non-hydrogen) atoms. The van der Waals surface area contributed by atoms with E-state index in [1.54, 1.807) is 0 Å². The first kappa shape index (κ1) is 10.4. The quantitative estimate of drug-likeness (QED) is 0.531. The fourth-order valence-corrected chi connectivity index (χ4v) is 3.95. The summed E-state index contributed by atoms with van der Waals surface area (Å²) in [5.41, 5.74) is 0. The standard InChI is InChI=1S/C6H13.2ClH.Sn/c1-3-5-6-4-2;;;/h1,3-6H2,2H3;2*1H;/q;;;+2/p-2. The first-order valence-corrected chi connectivity index (χ1v) is 12.7. The van der Waals surface area contributed by atoms with Gasteiger partial charge < -0.3 is 0 Å². The van der Waals surface area contributed by atoms with Crippen LogP contribution in [0.15, 0.2) is 0 Å². The van der Waals surface area contributed by atoms with E-state index in [-0.39, 0.29) is 0 Å². The van der Waals surface area contributed by atoms with Gasteiger partial charge in [0.15, 0.2) is 0 Å². The van der Waals surface area contributed by atoms with Gasteiger partial charge in [0.05, 0.1) is 0 Å². The van der Waals surface area contributed by atoms with Crippen LogP contribution >= 0.6 is 17.8 Å². The zero-order chi connectivity index (χ0) is 7.11. The molecule has 0 aromatic rings. The molecule has 0 aromatic heterocycles. The molecule has 0 amide bonds. The zero-order valence-corrected chi connectivity index (χ0v) is 10.2. The molecule has 0 rings (SSSR count). The molecule has 3 heteroatoms. The maximum absolute atomic E-state index is 5.72. The summed E-state index contributed by atoms with van der Waals surface area (Å²) < 4.78 is 1.14. The van der Waals surface area contributed by atoms with Gasteiger partial charge in [0.1, 0.15) is 0 Å². The van der Waals surface area contributed by atoms with Gasteiger partial charge in [0.25, 0.3) is 0 Å². The van der Waals surface area contributed by atoms with Crippen LogP contribution in [-0.4, -0.2) is 17.5 Å². The Hall–Kier alpha value is 1.38. The van der Waals surface area contributed by atoms with Crippen LogP contribution in [0.2, 0.25) is 4.44 Å². The molecule has 1 radical (unpaired) electrons. The van der Waals surface area contributed by atoms with Crippen LogP contribution in [-0.2, 0) is 0 Å². The third-order valence-electron chi connectivity index (χ3n) is 1.22. The topological polar surface area (TPSA) is 0 Å². The first-order valence-electron chi connectivity index (χ1n) is 3.44. The van der Waals surface area contributed by atoms with Crippen molar-refractivity contribution in [3.05, 3.63) is 0 Å². The van der Waals surface area contributed by atoms with Crippen molar-refractivity contribution in [1.29, 1.82) is 0 Å². The molecule has 0 aliphatic rings. The third kappa shape index (κ3) is 9.38. The molecule has 55 valence electrons. The Balaban J connectivity index is 2.75. The van der Waals surface area contributed by atoms with E-state index in [2.05, 4.69) is 6.92 Å². The van der Waals surface area contributed by atoms with E-state index in [4.69, 9.17) is 17.8 Å². The van der Waals surface area contributed by atoms with Crippen LogP contribution in [0.3, 0.4) is 0 Å². The minimum atomic E-state index is -1.73. The Morgan fingerprint density at radius 1 is 1.11 bits per heavy atom. The van der Waals surface area contributed by atoms with E-state index in [1.165, 1.54) is 25.7 Å². The van der Waals surface area contributed by atoms with E-state index in [9.17, 15) is 0 Å². The number of hydrogen-bond donors (Lipinski definition) is 0. The molecule has 0 nitrogen and oxygen atoms in total. The molecule has 0 atom stereocenters. The van der Waals surface area contributed by atoms with E-state index >= 15 is 0 Å². The van der Waals surface area contributed by atoms with Gasteiger partial charge in [-0.3, -0.25) is 0 Å². The fraction of sp³-hybridized carbons (Fsp3) is 1.00. The second-order valence-electron chi connectivity index (χ2n) is 2.15. The Morgan fingerprint density at radius 2 is 1.78 bits per heavy atom. The Morgan fingerprint density at radius 3 is 2.22 bits per heavy atom.